The molecule has 0 aliphatic carbocycles. The predicted molar refractivity (Wildman–Crippen MR) is 79.4 cm³/mol. The van der Waals surface area contributed by atoms with Crippen molar-refractivity contribution in [2.45, 2.75) is 16.3 Å². The van der Waals surface area contributed by atoms with Gasteiger partial charge in [0, 0.05) is 16.3 Å². The van der Waals surface area contributed by atoms with Crippen LogP contribution >= 0.6 is 23.4 Å². The molecule has 2 rings (SSSR count). The maximum atomic E-state index is 6.20. The van der Waals surface area contributed by atoms with E-state index in [1.54, 1.807) is 11.8 Å². The summed E-state index contributed by atoms with van der Waals surface area (Å²) in [7, 11) is 4.16. The molecular weight excluding hydrogens is 262 g/mol. The van der Waals surface area contributed by atoms with Crippen molar-refractivity contribution in [1.82, 2.24) is 4.90 Å². The fourth-order valence-corrected chi connectivity index (χ4v) is 2.93. The van der Waals surface area contributed by atoms with Gasteiger partial charge in [-0.05, 0) is 37.9 Å². The quantitative estimate of drug-likeness (QED) is 0.806. The molecule has 0 N–H and O–H groups in total. The Hall–Kier alpha value is -0.960. The number of benzene rings is 2. The van der Waals surface area contributed by atoms with Gasteiger partial charge in [0.2, 0.25) is 0 Å². The summed E-state index contributed by atoms with van der Waals surface area (Å²) in [5.74, 6) is 0. The third kappa shape index (κ3) is 3.52. The van der Waals surface area contributed by atoms with Crippen molar-refractivity contribution in [2.75, 3.05) is 14.1 Å². The van der Waals surface area contributed by atoms with E-state index in [4.69, 9.17) is 11.6 Å². The van der Waals surface area contributed by atoms with Crippen molar-refractivity contribution in [3.8, 4) is 0 Å². The summed E-state index contributed by atoms with van der Waals surface area (Å²) >= 11 is 7.93. The average molecular weight is 278 g/mol. The second kappa shape index (κ2) is 6.28. The molecule has 0 aromatic heterocycles. The molecule has 2 aromatic rings. The van der Waals surface area contributed by atoms with Gasteiger partial charge in [0.1, 0.15) is 0 Å². The normalized spacial score (nSPS) is 10.9. The maximum absolute atomic E-state index is 6.20. The van der Waals surface area contributed by atoms with E-state index in [1.807, 2.05) is 18.2 Å². The van der Waals surface area contributed by atoms with Crippen molar-refractivity contribution in [3.05, 3.63) is 59.1 Å². The zero-order chi connectivity index (χ0) is 13.0. The number of hydrogen-bond acceptors (Lipinski definition) is 2. The van der Waals surface area contributed by atoms with Gasteiger partial charge >= 0.3 is 0 Å². The van der Waals surface area contributed by atoms with Gasteiger partial charge in [0.25, 0.3) is 0 Å². The lowest BCUT2D eigenvalue weighted by Crippen LogP contribution is -2.11. The Morgan fingerprint density at radius 3 is 2.22 bits per heavy atom. The third-order valence-corrected chi connectivity index (χ3v) is 4.15. The number of nitrogens with zero attached hydrogens (tertiary/aromatic N) is 1. The van der Waals surface area contributed by atoms with E-state index in [0.29, 0.717) is 0 Å². The van der Waals surface area contributed by atoms with Crippen LogP contribution in [0.2, 0.25) is 5.02 Å². The molecular formula is C15H16ClNS. The Kier molecular flexibility index (Phi) is 4.70. The third-order valence-electron chi connectivity index (χ3n) is 2.52. The molecule has 3 heteroatoms. The van der Waals surface area contributed by atoms with E-state index < -0.39 is 0 Å². The smallest absolute Gasteiger partial charge is 0.0545 e. The molecule has 0 atom stereocenters. The highest BCUT2D eigenvalue weighted by Gasteiger charge is 2.07. The lowest BCUT2D eigenvalue weighted by atomic mass is 10.2. The summed E-state index contributed by atoms with van der Waals surface area (Å²) in [6.07, 6.45) is 0. The van der Waals surface area contributed by atoms with Crippen LogP contribution in [0.3, 0.4) is 0 Å². The lowest BCUT2D eigenvalue weighted by molar-refractivity contribution is 0.399. The maximum Gasteiger partial charge on any atom is 0.0545 e. The van der Waals surface area contributed by atoms with Crippen molar-refractivity contribution >= 4 is 23.4 Å². The highest BCUT2D eigenvalue weighted by Crippen LogP contribution is 2.35. The highest BCUT2D eigenvalue weighted by atomic mass is 35.5. The molecule has 2 aromatic carbocycles. The van der Waals surface area contributed by atoms with Gasteiger partial charge in [-0.25, -0.2) is 0 Å². The van der Waals surface area contributed by atoms with E-state index in [1.165, 1.54) is 10.5 Å². The summed E-state index contributed by atoms with van der Waals surface area (Å²) in [4.78, 5) is 4.54. The first-order valence-corrected chi connectivity index (χ1v) is 7.01. The monoisotopic (exact) mass is 277 g/mol. The number of rotatable bonds is 4. The SMILES string of the molecule is CN(C)Cc1ccccc1Sc1ccccc1Cl. The minimum atomic E-state index is 0.808. The van der Waals surface area contributed by atoms with Crippen LogP contribution in [-0.4, -0.2) is 19.0 Å². The minimum Gasteiger partial charge on any atom is -0.305 e. The predicted octanol–water partition coefficient (Wildman–Crippen LogP) is 4.55. The highest BCUT2D eigenvalue weighted by molar-refractivity contribution is 7.99. The Morgan fingerprint density at radius 1 is 0.944 bits per heavy atom. The van der Waals surface area contributed by atoms with Crippen molar-refractivity contribution < 1.29 is 0 Å². The summed E-state index contributed by atoms with van der Waals surface area (Å²) in [5.41, 5.74) is 1.33. The average Bonchev–Trinajstić information content (AvgIpc) is 2.34. The summed E-state index contributed by atoms with van der Waals surface area (Å²) in [6.45, 7) is 0.938. The lowest BCUT2D eigenvalue weighted by Gasteiger charge is -2.14. The molecule has 1 nitrogen and oxygen atoms in total. The largest absolute Gasteiger partial charge is 0.305 e. The zero-order valence-electron chi connectivity index (χ0n) is 10.6. The summed E-state index contributed by atoms with van der Waals surface area (Å²) in [5, 5.41) is 0.808. The molecule has 0 bridgehead atoms. The minimum absolute atomic E-state index is 0.808. The van der Waals surface area contributed by atoms with Crippen LogP contribution in [0.5, 0.6) is 0 Å². The summed E-state index contributed by atoms with van der Waals surface area (Å²) in [6, 6.07) is 16.4. The van der Waals surface area contributed by atoms with Gasteiger partial charge in [-0.1, -0.05) is 53.7 Å². The Bertz CT molecular complexity index is 525. The van der Waals surface area contributed by atoms with E-state index in [2.05, 4.69) is 49.3 Å². The molecule has 0 amide bonds. The standard InChI is InChI=1S/C15H16ClNS/c1-17(2)11-12-7-3-5-9-14(12)18-15-10-6-4-8-13(15)16/h3-10H,11H2,1-2H3. The van der Waals surface area contributed by atoms with Crippen LogP contribution in [0.4, 0.5) is 0 Å². The molecule has 0 saturated carbocycles. The molecule has 0 saturated heterocycles. The molecule has 0 fully saturated rings. The van der Waals surface area contributed by atoms with Gasteiger partial charge in [0.15, 0.2) is 0 Å². The van der Waals surface area contributed by atoms with Crippen LogP contribution in [0, 0.1) is 0 Å². The first-order valence-electron chi connectivity index (χ1n) is 5.82. The molecule has 94 valence electrons. The van der Waals surface area contributed by atoms with Crippen molar-refractivity contribution in [3.63, 3.8) is 0 Å². The van der Waals surface area contributed by atoms with Crippen LogP contribution < -0.4 is 0 Å². The molecule has 0 unspecified atom stereocenters. The molecule has 18 heavy (non-hydrogen) atoms. The van der Waals surface area contributed by atoms with E-state index in [-0.39, 0.29) is 0 Å². The second-order valence-electron chi connectivity index (χ2n) is 4.38. The first-order chi connectivity index (χ1) is 8.66. The number of halogens is 1. The zero-order valence-corrected chi connectivity index (χ0v) is 12.1. The molecule has 0 aliphatic heterocycles. The fraction of sp³-hybridized carbons (Fsp3) is 0.200. The van der Waals surface area contributed by atoms with Gasteiger partial charge in [-0.15, -0.1) is 0 Å². The van der Waals surface area contributed by atoms with Gasteiger partial charge < -0.3 is 4.90 Å². The van der Waals surface area contributed by atoms with Gasteiger partial charge in [-0.2, -0.15) is 0 Å². The Balaban J connectivity index is 2.26. The van der Waals surface area contributed by atoms with Gasteiger partial charge in [-0.3, -0.25) is 0 Å². The second-order valence-corrected chi connectivity index (χ2v) is 5.87. The van der Waals surface area contributed by atoms with E-state index in [0.717, 1.165) is 16.5 Å². The molecule has 0 spiro atoms. The van der Waals surface area contributed by atoms with Crippen LogP contribution in [-0.2, 0) is 6.54 Å². The first kappa shape index (κ1) is 13.5. The van der Waals surface area contributed by atoms with Crippen molar-refractivity contribution in [1.29, 1.82) is 0 Å². The molecule has 0 heterocycles. The topological polar surface area (TPSA) is 3.24 Å². The molecule has 0 radical (unpaired) electrons. The van der Waals surface area contributed by atoms with Crippen LogP contribution in [0.15, 0.2) is 58.3 Å². The number of hydrogen-bond donors (Lipinski definition) is 0. The Labute approximate surface area is 118 Å². The Morgan fingerprint density at radius 2 is 1.56 bits per heavy atom. The summed E-state index contributed by atoms with van der Waals surface area (Å²) < 4.78 is 0. The van der Waals surface area contributed by atoms with E-state index in [9.17, 15) is 0 Å². The van der Waals surface area contributed by atoms with Crippen molar-refractivity contribution in [2.24, 2.45) is 0 Å². The fourth-order valence-electron chi connectivity index (χ4n) is 1.72. The van der Waals surface area contributed by atoms with Gasteiger partial charge in [0.05, 0.1) is 5.02 Å². The van der Waals surface area contributed by atoms with Crippen LogP contribution in [0.1, 0.15) is 5.56 Å². The molecule has 0 aliphatic rings. The van der Waals surface area contributed by atoms with E-state index >= 15 is 0 Å². The van der Waals surface area contributed by atoms with Crippen LogP contribution in [0.25, 0.3) is 0 Å².